The Morgan fingerprint density at radius 2 is 1.89 bits per heavy atom. The average molecular weight is 320 g/mol. The number of hydrogen-bond acceptors (Lipinski definition) is 2. The van der Waals surface area contributed by atoms with Crippen LogP contribution in [0.25, 0.3) is 0 Å². The van der Waals surface area contributed by atoms with E-state index in [9.17, 15) is 10.1 Å². The summed E-state index contributed by atoms with van der Waals surface area (Å²) < 4.78 is 0.896. The van der Waals surface area contributed by atoms with Gasteiger partial charge in [0.15, 0.2) is 5.78 Å². The third kappa shape index (κ3) is 2.12. The summed E-state index contributed by atoms with van der Waals surface area (Å²) >= 11 is 3.39. The van der Waals surface area contributed by atoms with Gasteiger partial charge < -0.3 is 0 Å². The molecule has 0 amide bonds. The predicted molar refractivity (Wildman–Crippen MR) is 78.6 cm³/mol. The number of carbonyl (C=O) groups is 1. The summed E-state index contributed by atoms with van der Waals surface area (Å²) in [5, 5.41) is 9.37. The van der Waals surface area contributed by atoms with Gasteiger partial charge in [-0.25, -0.2) is 0 Å². The van der Waals surface area contributed by atoms with Crippen LogP contribution in [0.5, 0.6) is 0 Å². The highest BCUT2D eigenvalue weighted by molar-refractivity contribution is 9.10. The van der Waals surface area contributed by atoms with Gasteiger partial charge in [0, 0.05) is 10.4 Å². The molecule has 0 aliphatic heterocycles. The first-order valence-electron chi connectivity index (χ1n) is 6.42. The van der Waals surface area contributed by atoms with Crippen LogP contribution in [0.3, 0.4) is 0 Å². The SMILES string of the molecule is CC1(C)C(C(=O)C(C#N)c2cccc(Br)c2)C1(C)C. The number of Topliss-reactive ketones (excluding diaryl/α,β-unsaturated/α-hetero) is 1. The summed E-state index contributed by atoms with van der Waals surface area (Å²) in [6.45, 7) is 8.41. The van der Waals surface area contributed by atoms with E-state index in [4.69, 9.17) is 0 Å². The zero-order chi connectivity index (χ0) is 14.4. The van der Waals surface area contributed by atoms with Crippen molar-refractivity contribution < 1.29 is 4.79 Å². The van der Waals surface area contributed by atoms with Crippen LogP contribution < -0.4 is 0 Å². The number of rotatable bonds is 3. The van der Waals surface area contributed by atoms with Crippen LogP contribution in [0, 0.1) is 28.1 Å². The highest BCUT2D eigenvalue weighted by Crippen LogP contribution is 2.69. The molecule has 1 atom stereocenters. The minimum atomic E-state index is -0.663. The Bertz CT molecular complexity index is 554. The molecule has 19 heavy (non-hydrogen) atoms. The van der Waals surface area contributed by atoms with Crippen LogP contribution in [0.15, 0.2) is 28.7 Å². The molecule has 0 radical (unpaired) electrons. The molecule has 1 saturated carbocycles. The maximum absolute atomic E-state index is 12.6. The molecule has 2 nitrogen and oxygen atoms in total. The van der Waals surface area contributed by atoms with Crippen LogP contribution in [-0.2, 0) is 4.79 Å². The summed E-state index contributed by atoms with van der Waals surface area (Å²) in [4.78, 5) is 12.6. The molecule has 0 N–H and O–H groups in total. The van der Waals surface area contributed by atoms with E-state index in [-0.39, 0.29) is 22.5 Å². The van der Waals surface area contributed by atoms with Crippen molar-refractivity contribution in [2.45, 2.75) is 33.6 Å². The Kier molecular flexibility index (Phi) is 3.35. The molecular formula is C16H18BrNO. The molecule has 3 heteroatoms. The van der Waals surface area contributed by atoms with Crippen molar-refractivity contribution in [1.82, 2.24) is 0 Å². The van der Waals surface area contributed by atoms with Gasteiger partial charge in [-0.2, -0.15) is 5.26 Å². The maximum Gasteiger partial charge on any atom is 0.158 e. The molecule has 0 saturated heterocycles. The van der Waals surface area contributed by atoms with Crippen LogP contribution in [0.4, 0.5) is 0 Å². The highest BCUT2D eigenvalue weighted by Gasteiger charge is 2.68. The summed E-state index contributed by atoms with van der Waals surface area (Å²) in [7, 11) is 0. The van der Waals surface area contributed by atoms with Gasteiger partial charge >= 0.3 is 0 Å². The Balaban J connectivity index is 2.31. The van der Waals surface area contributed by atoms with Gasteiger partial charge in [0.05, 0.1) is 6.07 Å². The zero-order valence-electron chi connectivity index (χ0n) is 11.7. The number of benzene rings is 1. The minimum Gasteiger partial charge on any atom is -0.297 e. The maximum atomic E-state index is 12.6. The average Bonchev–Trinajstić information content (AvgIpc) is 2.70. The van der Waals surface area contributed by atoms with Crippen LogP contribution in [0.2, 0.25) is 0 Å². The zero-order valence-corrected chi connectivity index (χ0v) is 13.3. The van der Waals surface area contributed by atoms with E-state index in [2.05, 4.69) is 49.7 Å². The lowest BCUT2D eigenvalue weighted by Crippen LogP contribution is -2.16. The van der Waals surface area contributed by atoms with Gasteiger partial charge in [-0.15, -0.1) is 0 Å². The monoisotopic (exact) mass is 319 g/mol. The van der Waals surface area contributed by atoms with E-state index in [1.807, 2.05) is 24.3 Å². The van der Waals surface area contributed by atoms with Crippen molar-refractivity contribution in [3.05, 3.63) is 34.3 Å². The van der Waals surface area contributed by atoms with Gasteiger partial charge in [-0.3, -0.25) is 4.79 Å². The van der Waals surface area contributed by atoms with Crippen LogP contribution in [0.1, 0.15) is 39.2 Å². The third-order valence-electron chi connectivity index (χ3n) is 4.90. The topological polar surface area (TPSA) is 40.9 Å². The fraction of sp³-hybridized carbons (Fsp3) is 0.500. The molecular weight excluding hydrogens is 302 g/mol. The third-order valence-corrected chi connectivity index (χ3v) is 5.39. The molecule has 100 valence electrons. The molecule has 0 heterocycles. The molecule has 1 fully saturated rings. The number of carbonyl (C=O) groups excluding carboxylic acids is 1. The number of hydrogen-bond donors (Lipinski definition) is 0. The molecule has 1 unspecified atom stereocenters. The van der Waals surface area contributed by atoms with Gasteiger partial charge in [0.2, 0.25) is 0 Å². The van der Waals surface area contributed by atoms with Crippen molar-refractivity contribution >= 4 is 21.7 Å². The van der Waals surface area contributed by atoms with E-state index in [1.165, 1.54) is 0 Å². The molecule has 1 aliphatic carbocycles. The summed E-state index contributed by atoms with van der Waals surface area (Å²) in [5.74, 6) is -0.650. The molecule has 1 aromatic rings. The van der Waals surface area contributed by atoms with Crippen molar-refractivity contribution in [2.24, 2.45) is 16.7 Å². The van der Waals surface area contributed by atoms with E-state index < -0.39 is 5.92 Å². The van der Waals surface area contributed by atoms with E-state index in [0.29, 0.717) is 0 Å². The summed E-state index contributed by atoms with van der Waals surface area (Å²) in [6, 6.07) is 9.63. The predicted octanol–water partition coefficient (Wildman–Crippen LogP) is 4.31. The first-order valence-corrected chi connectivity index (χ1v) is 7.21. The van der Waals surface area contributed by atoms with Crippen molar-refractivity contribution in [2.75, 3.05) is 0 Å². The molecule has 2 rings (SSSR count). The van der Waals surface area contributed by atoms with Gasteiger partial charge in [0.25, 0.3) is 0 Å². The second kappa shape index (κ2) is 4.45. The van der Waals surface area contributed by atoms with Crippen molar-refractivity contribution in [3.8, 4) is 6.07 Å². The lowest BCUT2D eigenvalue weighted by atomic mass is 9.90. The molecule has 0 aromatic heterocycles. The number of ketones is 1. The lowest BCUT2D eigenvalue weighted by Gasteiger charge is -2.10. The highest BCUT2D eigenvalue weighted by atomic mass is 79.9. The Morgan fingerprint density at radius 1 is 1.32 bits per heavy atom. The Hall–Kier alpha value is -1.14. The Labute approximate surface area is 122 Å². The first kappa shape index (κ1) is 14.3. The quantitative estimate of drug-likeness (QED) is 0.833. The Morgan fingerprint density at radius 3 is 2.32 bits per heavy atom. The standard InChI is InChI=1S/C16H18BrNO/c1-15(2)14(16(15,3)4)13(19)12(9-18)10-6-5-7-11(17)8-10/h5-8,12,14H,1-4H3. The van der Waals surface area contributed by atoms with Gasteiger partial charge in [-0.1, -0.05) is 55.8 Å². The summed E-state index contributed by atoms with van der Waals surface area (Å²) in [5.41, 5.74) is 0.733. The van der Waals surface area contributed by atoms with Gasteiger partial charge in [-0.05, 0) is 28.5 Å². The van der Waals surface area contributed by atoms with Crippen molar-refractivity contribution in [1.29, 1.82) is 5.26 Å². The number of halogens is 1. The molecule has 1 aromatic carbocycles. The van der Waals surface area contributed by atoms with Gasteiger partial charge in [0.1, 0.15) is 5.92 Å². The van der Waals surface area contributed by atoms with E-state index >= 15 is 0 Å². The fourth-order valence-corrected chi connectivity index (χ4v) is 3.48. The summed E-state index contributed by atoms with van der Waals surface area (Å²) in [6.07, 6.45) is 0. The molecule has 0 spiro atoms. The lowest BCUT2D eigenvalue weighted by molar-refractivity contribution is -0.121. The minimum absolute atomic E-state index is 0.0226. The first-order chi connectivity index (χ1) is 8.73. The van der Waals surface area contributed by atoms with Crippen LogP contribution >= 0.6 is 15.9 Å². The smallest absolute Gasteiger partial charge is 0.158 e. The second-order valence-electron chi connectivity index (χ2n) is 6.40. The number of nitriles is 1. The normalized spacial score (nSPS) is 21.5. The number of nitrogens with zero attached hydrogens (tertiary/aromatic N) is 1. The second-order valence-corrected chi connectivity index (χ2v) is 7.31. The fourth-order valence-electron chi connectivity index (χ4n) is 3.06. The molecule has 0 bridgehead atoms. The largest absolute Gasteiger partial charge is 0.297 e. The molecule has 1 aliphatic rings. The van der Waals surface area contributed by atoms with Crippen LogP contribution in [-0.4, -0.2) is 5.78 Å². The van der Waals surface area contributed by atoms with E-state index in [0.717, 1.165) is 10.0 Å². The van der Waals surface area contributed by atoms with Crippen molar-refractivity contribution in [3.63, 3.8) is 0 Å². The van der Waals surface area contributed by atoms with E-state index in [1.54, 1.807) is 0 Å².